The monoisotopic (exact) mass is 233 g/mol. The molecule has 1 heterocycles. The Bertz CT molecular complexity index is 326. The Balaban J connectivity index is 1.68. The molecule has 1 unspecified atom stereocenters. The highest BCUT2D eigenvalue weighted by Crippen LogP contribution is 2.51. The molecule has 0 aliphatic heterocycles. The van der Waals surface area contributed by atoms with E-state index in [1.54, 1.807) is 0 Å². The largest absolute Gasteiger partial charge is 0.349 e. The van der Waals surface area contributed by atoms with Gasteiger partial charge in [0.1, 0.15) is 5.82 Å². The van der Waals surface area contributed by atoms with Crippen LogP contribution in [0.2, 0.25) is 0 Å². The van der Waals surface area contributed by atoms with Crippen LogP contribution in [-0.2, 0) is 6.42 Å². The molecule has 1 aromatic heterocycles. The van der Waals surface area contributed by atoms with E-state index in [2.05, 4.69) is 22.2 Å². The Kier molecular flexibility index (Phi) is 3.19. The standard InChI is InChI=1S/C14H23N3/c1-2-15-12(9-13-16-7-8-17-13)14(10-3-4-10)11-5-6-11/h7-8,10-12,14-15H,2-6,9H2,1H3,(H,16,17). The van der Waals surface area contributed by atoms with Gasteiger partial charge in [-0.25, -0.2) is 4.98 Å². The highest BCUT2D eigenvalue weighted by atomic mass is 15.0. The van der Waals surface area contributed by atoms with Crippen LogP contribution in [0.1, 0.15) is 38.4 Å². The third-order valence-corrected chi connectivity index (χ3v) is 4.23. The highest BCUT2D eigenvalue weighted by molar-refractivity contribution is 5.01. The van der Waals surface area contributed by atoms with Crippen molar-refractivity contribution in [3.63, 3.8) is 0 Å². The van der Waals surface area contributed by atoms with E-state index in [0.717, 1.165) is 36.5 Å². The smallest absolute Gasteiger partial charge is 0.107 e. The van der Waals surface area contributed by atoms with Crippen molar-refractivity contribution in [3.05, 3.63) is 18.2 Å². The predicted molar refractivity (Wildman–Crippen MR) is 68.7 cm³/mol. The third-order valence-electron chi connectivity index (χ3n) is 4.23. The number of hydrogen-bond donors (Lipinski definition) is 2. The molecule has 3 heteroatoms. The topological polar surface area (TPSA) is 40.7 Å². The summed E-state index contributed by atoms with van der Waals surface area (Å²) in [6.45, 7) is 3.29. The van der Waals surface area contributed by atoms with Crippen LogP contribution >= 0.6 is 0 Å². The summed E-state index contributed by atoms with van der Waals surface area (Å²) in [7, 11) is 0. The molecule has 0 amide bonds. The minimum atomic E-state index is 0.631. The molecule has 2 aliphatic carbocycles. The molecule has 2 aliphatic rings. The van der Waals surface area contributed by atoms with E-state index >= 15 is 0 Å². The molecule has 94 valence electrons. The summed E-state index contributed by atoms with van der Waals surface area (Å²) in [5, 5.41) is 3.70. The number of hydrogen-bond acceptors (Lipinski definition) is 2. The van der Waals surface area contributed by atoms with Crippen LogP contribution in [-0.4, -0.2) is 22.6 Å². The molecule has 2 N–H and O–H groups in total. The molecule has 0 bridgehead atoms. The Morgan fingerprint density at radius 2 is 2.06 bits per heavy atom. The predicted octanol–water partition coefficient (Wildman–Crippen LogP) is 2.37. The zero-order chi connectivity index (χ0) is 11.7. The average molecular weight is 233 g/mol. The van der Waals surface area contributed by atoms with Gasteiger partial charge in [0.15, 0.2) is 0 Å². The molecular formula is C14H23N3. The van der Waals surface area contributed by atoms with Crippen LogP contribution < -0.4 is 5.32 Å². The zero-order valence-electron chi connectivity index (χ0n) is 10.7. The van der Waals surface area contributed by atoms with Crippen molar-refractivity contribution in [2.75, 3.05) is 6.54 Å². The highest BCUT2D eigenvalue weighted by Gasteiger charge is 2.45. The van der Waals surface area contributed by atoms with E-state index in [1.165, 1.54) is 25.7 Å². The zero-order valence-corrected chi connectivity index (χ0v) is 10.7. The van der Waals surface area contributed by atoms with Crippen molar-refractivity contribution < 1.29 is 0 Å². The van der Waals surface area contributed by atoms with Gasteiger partial charge < -0.3 is 10.3 Å². The summed E-state index contributed by atoms with van der Waals surface area (Å²) in [5.41, 5.74) is 0. The van der Waals surface area contributed by atoms with Gasteiger partial charge in [-0.15, -0.1) is 0 Å². The summed E-state index contributed by atoms with van der Waals surface area (Å²) >= 11 is 0. The molecule has 1 aromatic rings. The maximum Gasteiger partial charge on any atom is 0.107 e. The SMILES string of the molecule is CCNC(Cc1ncc[nH]1)C(C1CC1)C1CC1. The first kappa shape index (κ1) is 11.3. The fourth-order valence-corrected chi connectivity index (χ4v) is 3.23. The first-order chi connectivity index (χ1) is 8.38. The van der Waals surface area contributed by atoms with E-state index in [0.29, 0.717) is 6.04 Å². The summed E-state index contributed by atoms with van der Waals surface area (Å²) in [4.78, 5) is 7.63. The Hall–Kier alpha value is -0.830. The van der Waals surface area contributed by atoms with Gasteiger partial charge in [0, 0.05) is 24.9 Å². The average Bonchev–Trinajstić information content (AvgIpc) is 3.24. The first-order valence-corrected chi connectivity index (χ1v) is 7.10. The first-order valence-electron chi connectivity index (χ1n) is 7.10. The molecule has 2 saturated carbocycles. The van der Waals surface area contributed by atoms with Gasteiger partial charge in [-0.3, -0.25) is 0 Å². The Morgan fingerprint density at radius 1 is 1.35 bits per heavy atom. The molecule has 0 aromatic carbocycles. The van der Waals surface area contributed by atoms with Gasteiger partial charge >= 0.3 is 0 Å². The van der Waals surface area contributed by atoms with Crippen molar-refractivity contribution in [2.45, 2.75) is 45.1 Å². The quantitative estimate of drug-likeness (QED) is 0.759. The van der Waals surface area contributed by atoms with Crippen LogP contribution in [0.25, 0.3) is 0 Å². The fraction of sp³-hybridized carbons (Fsp3) is 0.786. The lowest BCUT2D eigenvalue weighted by Gasteiger charge is -2.27. The number of aromatic nitrogens is 2. The van der Waals surface area contributed by atoms with Crippen LogP contribution in [0.5, 0.6) is 0 Å². The molecular weight excluding hydrogens is 210 g/mol. The van der Waals surface area contributed by atoms with E-state index in [-0.39, 0.29) is 0 Å². The Morgan fingerprint density at radius 3 is 2.53 bits per heavy atom. The lowest BCUT2D eigenvalue weighted by atomic mass is 9.87. The van der Waals surface area contributed by atoms with Gasteiger partial charge in [-0.2, -0.15) is 0 Å². The number of nitrogens with one attached hydrogen (secondary N) is 2. The lowest BCUT2D eigenvalue weighted by Crippen LogP contribution is -2.40. The van der Waals surface area contributed by atoms with Gasteiger partial charge in [-0.05, 0) is 50.0 Å². The molecule has 0 saturated heterocycles. The van der Waals surface area contributed by atoms with Gasteiger partial charge in [0.05, 0.1) is 0 Å². The molecule has 0 radical (unpaired) electrons. The second-order valence-electron chi connectivity index (χ2n) is 5.66. The second-order valence-corrected chi connectivity index (χ2v) is 5.66. The van der Waals surface area contributed by atoms with E-state index in [1.807, 2.05) is 12.4 Å². The lowest BCUT2D eigenvalue weighted by molar-refractivity contribution is 0.282. The third kappa shape index (κ3) is 2.71. The number of imidazole rings is 1. The Labute approximate surface area is 103 Å². The number of likely N-dealkylation sites (N-methyl/N-ethyl adjacent to an activating group) is 1. The molecule has 0 spiro atoms. The minimum Gasteiger partial charge on any atom is -0.349 e. The van der Waals surface area contributed by atoms with Crippen LogP contribution in [0.15, 0.2) is 12.4 Å². The normalized spacial score (nSPS) is 22.0. The van der Waals surface area contributed by atoms with Crippen molar-refractivity contribution in [2.24, 2.45) is 17.8 Å². The maximum absolute atomic E-state index is 4.38. The number of aromatic amines is 1. The van der Waals surface area contributed by atoms with Gasteiger partial charge in [0.25, 0.3) is 0 Å². The summed E-state index contributed by atoms with van der Waals surface area (Å²) in [6, 6.07) is 0.631. The summed E-state index contributed by atoms with van der Waals surface area (Å²) in [5.74, 6) is 4.05. The van der Waals surface area contributed by atoms with Gasteiger partial charge in [0.2, 0.25) is 0 Å². The van der Waals surface area contributed by atoms with Crippen LogP contribution in [0.3, 0.4) is 0 Å². The van der Waals surface area contributed by atoms with E-state index in [4.69, 9.17) is 0 Å². The second kappa shape index (κ2) is 4.81. The molecule has 1 atom stereocenters. The minimum absolute atomic E-state index is 0.631. The van der Waals surface area contributed by atoms with E-state index in [9.17, 15) is 0 Å². The van der Waals surface area contributed by atoms with Crippen LogP contribution in [0.4, 0.5) is 0 Å². The van der Waals surface area contributed by atoms with Crippen molar-refractivity contribution in [1.82, 2.24) is 15.3 Å². The van der Waals surface area contributed by atoms with Crippen molar-refractivity contribution in [1.29, 1.82) is 0 Å². The summed E-state index contributed by atoms with van der Waals surface area (Å²) < 4.78 is 0. The van der Waals surface area contributed by atoms with Gasteiger partial charge in [-0.1, -0.05) is 6.92 Å². The molecule has 17 heavy (non-hydrogen) atoms. The number of rotatable bonds is 7. The molecule has 3 nitrogen and oxygen atoms in total. The van der Waals surface area contributed by atoms with Crippen molar-refractivity contribution in [3.8, 4) is 0 Å². The van der Waals surface area contributed by atoms with Crippen LogP contribution in [0, 0.1) is 17.8 Å². The fourth-order valence-electron chi connectivity index (χ4n) is 3.23. The van der Waals surface area contributed by atoms with E-state index < -0.39 is 0 Å². The summed E-state index contributed by atoms with van der Waals surface area (Å²) in [6.07, 6.45) is 10.7. The molecule has 3 rings (SSSR count). The molecule has 2 fully saturated rings. The number of H-pyrrole nitrogens is 1. The number of nitrogens with zero attached hydrogens (tertiary/aromatic N) is 1. The van der Waals surface area contributed by atoms with Crippen molar-refractivity contribution >= 4 is 0 Å². The maximum atomic E-state index is 4.38.